The van der Waals surface area contributed by atoms with E-state index in [1.54, 1.807) is 12.1 Å². The molecule has 0 atom stereocenters. The van der Waals surface area contributed by atoms with Crippen LogP contribution in [-0.4, -0.2) is 8.07 Å². The minimum absolute atomic E-state index is 0.592. The second-order valence-corrected chi connectivity index (χ2v) is 14.4. The summed E-state index contributed by atoms with van der Waals surface area (Å²) in [6, 6.07) is 24.1. The maximum absolute atomic E-state index is 14.6. The van der Waals surface area contributed by atoms with Crippen LogP contribution in [0, 0.1) is 37.1 Å². The summed E-state index contributed by atoms with van der Waals surface area (Å²) in [5, 5.41) is 1.85. The van der Waals surface area contributed by atoms with Gasteiger partial charge in [0.2, 0.25) is 0 Å². The van der Waals surface area contributed by atoms with Gasteiger partial charge in [0.25, 0.3) is 0 Å². The SMILES string of the molecule is Cc1cccc(C2=C(c3ccc(F)c(F)c3)[Si](C)(C)C(c3ccc(F)c(F)c3)=C2c2cccc(C)c2)c1. The fraction of sp³-hybridized carbons (Fsp3) is 0.125. The summed E-state index contributed by atoms with van der Waals surface area (Å²) in [7, 11) is -2.71. The highest BCUT2D eigenvalue weighted by Crippen LogP contribution is 2.55. The summed E-state index contributed by atoms with van der Waals surface area (Å²) < 4.78 is 57.2. The zero-order valence-corrected chi connectivity index (χ0v) is 22.1. The van der Waals surface area contributed by atoms with Crippen LogP contribution in [-0.2, 0) is 0 Å². The van der Waals surface area contributed by atoms with Gasteiger partial charge in [0.15, 0.2) is 23.3 Å². The second-order valence-electron chi connectivity index (χ2n) is 10.1. The van der Waals surface area contributed by atoms with Gasteiger partial charge in [-0.15, -0.1) is 0 Å². The fourth-order valence-electron chi connectivity index (χ4n) is 5.49. The van der Waals surface area contributed by atoms with Crippen LogP contribution in [0.15, 0.2) is 84.9 Å². The molecular formula is C32H26F4Si. The lowest BCUT2D eigenvalue weighted by Gasteiger charge is -2.26. The van der Waals surface area contributed by atoms with Gasteiger partial charge < -0.3 is 0 Å². The number of hydrogen-bond acceptors (Lipinski definition) is 0. The molecule has 0 nitrogen and oxygen atoms in total. The van der Waals surface area contributed by atoms with Gasteiger partial charge in [-0.05, 0) is 81.9 Å². The van der Waals surface area contributed by atoms with Crippen molar-refractivity contribution in [2.45, 2.75) is 26.9 Å². The molecule has 5 heteroatoms. The molecule has 5 rings (SSSR count). The van der Waals surface area contributed by atoms with E-state index in [1.165, 1.54) is 12.1 Å². The van der Waals surface area contributed by atoms with Crippen LogP contribution in [0.1, 0.15) is 33.4 Å². The molecule has 0 N–H and O–H groups in total. The Morgan fingerprint density at radius 2 is 0.865 bits per heavy atom. The van der Waals surface area contributed by atoms with Gasteiger partial charge >= 0.3 is 0 Å². The molecule has 0 spiro atoms. The fourth-order valence-corrected chi connectivity index (χ4v) is 9.29. The Labute approximate surface area is 215 Å². The van der Waals surface area contributed by atoms with E-state index in [1.807, 2.05) is 50.2 Å². The number of hydrogen-bond donors (Lipinski definition) is 0. The van der Waals surface area contributed by atoms with Crippen LogP contribution in [0.3, 0.4) is 0 Å². The lowest BCUT2D eigenvalue weighted by molar-refractivity contribution is 0.508. The van der Waals surface area contributed by atoms with E-state index in [4.69, 9.17) is 0 Å². The van der Waals surface area contributed by atoms with Gasteiger partial charge in [0.1, 0.15) is 8.07 Å². The minimum Gasteiger partial charge on any atom is -0.204 e. The number of allylic oxidation sites excluding steroid dienone is 2. The third kappa shape index (κ3) is 4.38. The van der Waals surface area contributed by atoms with Crippen LogP contribution in [0.4, 0.5) is 17.6 Å². The van der Waals surface area contributed by atoms with Gasteiger partial charge in [0.05, 0.1) is 0 Å². The Hall–Kier alpha value is -3.70. The normalized spacial score (nSPS) is 15.0. The van der Waals surface area contributed by atoms with Crippen LogP contribution in [0.2, 0.25) is 13.1 Å². The minimum atomic E-state index is -2.71. The van der Waals surface area contributed by atoms with Crippen molar-refractivity contribution in [3.05, 3.63) is 142 Å². The van der Waals surface area contributed by atoms with Crippen molar-refractivity contribution in [1.29, 1.82) is 0 Å². The lowest BCUT2D eigenvalue weighted by Crippen LogP contribution is -2.28. The monoisotopic (exact) mass is 514 g/mol. The highest BCUT2D eigenvalue weighted by atomic mass is 28.3. The molecule has 186 valence electrons. The average molecular weight is 515 g/mol. The largest absolute Gasteiger partial charge is 0.204 e. The Balaban J connectivity index is 1.95. The van der Waals surface area contributed by atoms with Crippen LogP contribution in [0.5, 0.6) is 0 Å². The zero-order chi connectivity index (χ0) is 26.5. The molecule has 0 saturated carbocycles. The molecule has 0 aromatic heterocycles. The van der Waals surface area contributed by atoms with E-state index in [2.05, 4.69) is 25.2 Å². The van der Waals surface area contributed by atoms with Gasteiger partial charge in [0, 0.05) is 0 Å². The third-order valence-corrected chi connectivity index (χ3v) is 10.6. The molecule has 4 aromatic carbocycles. The predicted octanol–water partition coefficient (Wildman–Crippen LogP) is 9.18. The van der Waals surface area contributed by atoms with Crippen LogP contribution < -0.4 is 0 Å². The van der Waals surface area contributed by atoms with Crippen molar-refractivity contribution in [3.63, 3.8) is 0 Å². The first kappa shape index (κ1) is 25.0. The summed E-state index contributed by atoms with van der Waals surface area (Å²) in [5.41, 5.74) is 7.00. The molecule has 0 fully saturated rings. The van der Waals surface area contributed by atoms with E-state index >= 15 is 0 Å². The first-order valence-corrected chi connectivity index (χ1v) is 15.1. The molecule has 1 aliphatic heterocycles. The van der Waals surface area contributed by atoms with Crippen LogP contribution in [0.25, 0.3) is 21.5 Å². The average Bonchev–Trinajstić information content (AvgIpc) is 3.10. The molecular weight excluding hydrogens is 488 g/mol. The van der Waals surface area contributed by atoms with Crippen molar-refractivity contribution in [2.75, 3.05) is 0 Å². The quantitative estimate of drug-likeness (QED) is 0.188. The van der Waals surface area contributed by atoms with E-state index in [-0.39, 0.29) is 0 Å². The highest BCUT2D eigenvalue weighted by molar-refractivity contribution is 7.13. The summed E-state index contributed by atoms with van der Waals surface area (Å²) >= 11 is 0. The molecule has 1 heterocycles. The van der Waals surface area contributed by atoms with Gasteiger partial charge in [-0.3, -0.25) is 0 Å². The number of benzene rings is 4. The Morgan fingerprint density at radius 1 is 0.459 bits per heavy atom. The second kappa shape index (κ2) is 9.31. The highest BCUT2D eigenvalue weighted by Gasteiger charge is 2.44. The van der Waals surface area contributed by atoms with Gasteiger partial charge in [-0.1, -0.05) is 84.9 Å². The van der Waals surface area contributed by atoms with Gasteiger partial charge in [-0.2, -0.15) is 0 Å². The summed E-state index contributed by atoms with van der Waals surface area (Å²) in [6.45, 7) is 8.26. The Kier molecular flexibility index (Phi) is 6.28. The standard InChI is InChI=1S/C32H26F4Si/c1-19-7-5-9-21(15-19)29-30(22-10-6-8-20(2)16-22)32(24-12-14-26(34)28(36)18-24)37(3,4)31(29)23-11-13-25(33)27(35)17-23/h5-18H,1-4H3. The van der Waals surface area contributed by atoms with E-state index < -0.39 is 31.3 Å². The van der Waals surface area contributed by atoms with Crippen molar-refractivity contribution in [1.82, 2.24) is 0 Å². The Bertz CT molecular complexity index is 1490. The number of rotatable bonds is 4. The van der Waals surface area contributed by atoms with Crippen molar-refractivity contribution >= 4 is 29.6 Å². The van der Waals surface area contributed by atoms with Crippen molar-refractivity contribution < 1.29 is 17.6 Å². The molecule has 0 aliphatic carbocycles. The molecule has 1 aliphatic rings. The third-order valence-electron chi connectivity index (χ3n) is 7.03. The summed E-state index contributed by atoms with van der Waals surface area (Å²) in [5.74, 6) is -3.66. The van der Waals surface area contributed by atoms with Crippen LogP contribution >= 0.6 is 0 Å². The molecule has 0 unspecified atom stereocenters. The molecule has 0 bridgehead atoms. The zero-order valence-electron chi connectivity index (χ0n) is 21.1. The first-order chi connectivity index (χ1) is 17.6. The van der Waals surface area contributed by atoms with E-state index in [0.717, 1.165) is 55.9 Å². The summed E-state index contributed by atoms with van der Waals surface area (Å²) in [6.07, 6.45) is 0. The van der Waals surface area contributed by atoms with Crippen molar-refractivity contribution in [2.24, 2.45) is 0 Å². The molecule has 0 saturated heterocycles. The maximum Gasteiger partial charge on any atom is 0.159 e. The van der Waals surface area contributed by atoms with E-state index in [9.17, 15) is 17.6 Å². The summed E-state index contributed by atoms with van der Waals surface area (Å²) in [4.78, 5) is 0. The molecule has 0 radical (unpaired) electrons. The predicted molar refractivity (Wildman–Crippen MR) is 146 cm³/mol. The molecule has 37 heavy (non-hydrogen) atoms. The number of halogens is 4. The van der Waals surface area contributed by atoms with E-state index in [0.29, 0.717) is 11.1 Å². The number of aryl methyl sites for hydroxylation is 2. The Morgan fingerprint density at radius 3 is 1.22 bits per heavy atom. The van der Waals surface area contributed by atoms with Gasteiger partial charge in [-0.25, -0.2) is 17.6 Å². The first-order valence-electron chi connectivity index (χ1n) is 12.1. The van der Waals surface area contributed by atoms with Crippen molar-refractivity contribution in [3.8, 4) is 0 Å². The topological polar surface area (TPSA) is 0 Å². The molecule has 4 aromatic rings. The molecule has 0 amide bonds. The lowest BCUT2D eigenvalue weighted by atomic mass is 9.88. The smallest absolute Gasteiger partial charge is 0.159 e. The maximum atomic E-state index is 14.6.